The molecule has 0 aliphatic carbocycles. The summed E-state index contributed by atoms with van der Waals surface area (Å²) in [6.45, 7) is 7.55. The maximum atomic E-state index is 11.4. The van der Waals surface area contributed by atoms with Crippen molar-refractivity contribution >= 4 is 11.7 Å². The van der Waals surface area contributed by atoms with Crippen molar-refractivity contribution in [3.05, 3.63) is 29.8 Å². The lowest BCUT2D eigenvalue weighted by Crippen LogP contribution is -2.51. The number of benzene rings is 1. The molecule has 4 nitrogen and oxygen atoms in total. The monoisotopic (exact) mass is 276 g/mol. The van der Waals surface area contributed by atoms with E-state index in [1.807, 2.05) is 24.3 Å². The van der Waals surface area contributed by atoms with Crippen molar-refractivity contribution in [3.63, 3.8) is 0 Å². The molecule has 1 aromatic carbocycles. The standard InChI is InChI=1S/C16H24N2O2/c1-12(2)10-14-11-18(9-8-17-14)15-6-4-13(5-7-15)16(19)20-3/h4-7,12,14,17H,8-11H2,1-3H3/t14-/m1/s1. The number of hydrogen-bond acceptors (Lipinski definition) is 4. The van der Waals surface area contributed by atoms with Crippen LogP contribution in [0.4, 0.5) is 5.69 Å². The summed E-state index contributed by atoms with van der Waals surface area (Å²) in [7, 11) is 1.41. The van der Waals surface area contributed by atoms with E-state index in [0.717, 1.165) is 19.6 Å². The number of anilines is 1. The summed E-state index contributed by atoms with van der Waals surface area (Å²) in [6, 6.07) is 8.22. The van der Waals surface area contributed by atoms with E-state index in [0.29, 0.717) is 17.5 Å². The average Bonchev–Trinajstić information content (AvgIpc) is 2.46. The highest BCUT2D eigenvalue weighted by atomic mass is 16.5. The van der Waals surface area contributed by atoms with Crippen LogP contribution in [0, 0.1) is 5.92 Å². The fourth-order valence-corrected chi connectivity index (χ4v) is 2.71. The van der Waals surface area contributed by atoms with Gasteiger partial charge >= 0.3 is 5.97 Å². The first kappa shape index (κ1) is 14.9. The molecule has 0 radical (unpaired) electrons. The minimum absolute atomic E-state index is 0.283. The number of nitrogens with one attached hydrogen (secondary N) is 1. The average molecular weight is 276 g/mol. The van der Waals surface area contributed by atoms with Gasteiger partial charge in [0, 0.05) is 31.4 Å². The predicted molar refractivity (Wildman–Crippen MR) is 81.2 cm³/mol. The Morgan fingerprint density at radius 1 is 1.40 bits per heavy atom. The van der Waals surface area contributed by atoms with Gasteiger partial charge in [0.15, 0.2) is 0 Å². The molecule has 0 aromatic heterocycles. The van der Waals surface area contributed by atoms with Crippen LogP contribution in [-0.2, 0) is 4.74 Å². The summed E-state index contributed by atoms with van der Waals surface area (Å²) in [5.74, 6) is 0.420. The van der Waals surface area contributed by atoms with E-state index in [1.54, 1.807) is 0 Å². The first-order chi connectivity index (χ1) is 9.60. The third kappa shape index (κ3) is 3.73. The molecule has 20 heavy (non-hydrogen) atoms. The van der Waals surface area contributed by atoms with Crippen molar-refractivity contribution in [2.24, 2.45) is 5.92 Å². The van der Waals surface area contributed by atoms with Crippen molar-refractivity contribution in [2.75, 3.05) is 31.6 Å². The van der Waals surface area contributed by atoms with E-state index >= 15 is 0 Å². The van der Waals surface area contributed by atoms with Crippen molar-refractivity contribution in [1.82, 2.24) is 5.32 Å². The second-order valence-corrected chi connectivity index (χ2v) is 5.77. The van der Waals surface area contributed by atoms with Crippen LogP contribution < -0.4 is 10.2 Å². The largest absolute Gasteiger partial charge is 0.465 e. The lowest BCUT2D eigenvalue weighted by Gasteiger charge is -2.36. The Morgan fingerprint density at radius 3 is 2.70 bits per heavy atom. The normalized spacial score (nSPS) is 19.2. The van der Waals surface area contributed by atoms with Gasteiger partial charge in [0.1, 0.15) is 0 Å². The molecule has 4 heteroatoms. The molecule has 0 saturated carbocycles. The molecule has 1 aromatic rings. The summed E-state index contributed by atoms with van der Waals surface area (Å²) in [5, 5.41) is 3.57. The number of esters is 1. The highest BCUT2D eigenvalue weighted by molar-refractivity contribution is 5.89. The highest BCUT2D eigenvalue weighted by Gasteiger charge is 2.20. The Balaban J connectivity index is 2.01. The van der Waals surface area contributed by atoms with E-state index < -0.39 is 0 Å². The van der Waals surface area contributed by atoms with Gasteiger partial charge < -0.3 is 15.0 Å². The maximum Gasteiger partial charge on any atom is 0.337 e. The fourth-order valence-electron chi connectivity index (χ4n) is 2.71. The Morgan fingerprint density at radius 2 is 2.10 bits per heavy atom. The van der Waals surface area contributed by atoms with E-state index in [4.69, 9.17) is 4.74 Å². The Bertz CT molecular complexity index is 442. The van der Waals surface area contributed by atoms with E-state index in [-0.39, 0.29) is 5.97 Å². The van der Waals surface area contributed by atoms with Gasteiger partial charge in [-0.05, 0) is 36.6 Å². The summed E-state index contributed by atoms with van der Waals surface area (Å²) in [4.78, 5) is 13.8. The lowest BCUT2D eigenvalue weighted by molar-refractivity contribution is 0.0601. The minimum atomic E-state index is -0.283. The third-order valence-electron chi connectivity index (χ3n) is 3.66. The molecule has 110 valence electrons. The van der Waals surface area contributed by atoms with Gasteiger partial charge in [-0.1, -0.05) is 13.8 Å². The summed E-state index contributed by atoms with van der Waals surface area (Å²) in [5.41, 5.74) is 1.78. The van der Waals surface area contributed by atoms with E-state index in [2.05, 4.69) is 24.1 Å². The zero-order chi connectivity index (χ0) is 14.5. The lowest BCUT2D eigenvalue weighted by atomic mass is 10.0. The summed E-state index contributed by atoms with van der Waals surface area (Å²) in [6.07, 6.45) is 1.19. The molecule has 2 rings (SSSR count). The number of nitrogens with zero attached hydrogens (tertiary/aromatic N) is 1. The van der Waals surface area contributed by atoms with Crippen LogP contribution in [0.1, 0.15) is 30.6 Å². The predicted octanol–water partition coefficient (Wildman–Crippen LogP) is 2.30. The van der Waals surface area contributed by atoms with Crippen LogP contribution in [0.25, 0.3) is 0 Å². The quantitative estimate of drug-likeness (QED) is 0.857. The van der Waals surface area contributed by atoms with Crippen molar-refractivity contribution in [2.45, 2.75) is 26.3 Å². The first-order valence-electron chi connectivity index (χ1n) is 7.27. The van der Waals surface area contributed by atoms with Crippen LogP contribution in [0.2, 0.25) is 0 Å². The molecule has 1 N–H and O–H groups in total. The number of carbonyl (C=O) groups excluding carboxylic acids is 1. The summed E-state index contributed by atoms with van der Waals surface area (Å²) < 4.78 is 4.72. The molecule has 1 saturated heterocycles. The van der Waals surface area contributed by atoms with Crippen LogP contribution >= 0.6 is 0 Å². The molecule has 0 amide bonds. The number of ether oxygens (including phenoxy) is 1. The first-order valence-corrected chi connectivity index (χ1v) is 7.27. The molecule has 0 bridgehead atoms. The number of methoxy groups -OCH3 is 1. The van der Waals surface area contributed by atoms with Gasteiger partial charge in [-0.3, -0.25) is 0 Å². The Kier molecular flexibility index (Phi) is 5.01. The molecule has 1 atom stereocenters. The van der Waals surface area contributed by atoms with Gasteiger partial charge in [0.25, 0.3) is 0 Å². The Labute approximate surface area is 121 Å². The highest BCUT2D eigenvalue weighted by Crippen LogP contribution is 2.19. The van der Waals surface area contributed by atoms with Crippen LogP contribution in [0.15, 0.2) is 24.3 Å². The smallest absolute Gasteiger partial charge is 0.337 e. The molecule has 0 unspecified atom stereocenters. The van der Waals surface area contributed by atoms with E-state index in [1.165, 1.54) is 19.2 Å². The molecular weight excluding hydrogens is 252 g/mol. The summed E-state index contributed by atoms with van der Waals surface area (Å²) >= 11 is 0. The molecule has 0 spiro atoms. The fraction of sp³-hybridized carbons (Fsp3) is 0.562. The number of rotatable bonds is 4. The molecular formula is C16H24N2O2. The zero-order valence-electron chi connectivity index (χ0n) is 12.6. The van der Waals surface area contributed by atoms with Gasteiger partial charge in [-0.2, -0.15) is 0 Å². The van der Waals surface area contributed by atoms with Gasteiger partial charge in [-0.15, -0.1) is 0 Å². The Hall–Kier alpha value is -1.55. The van der Waals surface area contributed by atoms with Gasteiger partial charge in [0.05, 0.1) is 12.7 Å². The van der Waals surface area contributed by atoms with Crippen molar-refractivity contribution in [1.29, 1.82) is 0 Å². The second-order valence-electron chi connectivity index (χ2n) is 5.77. The number of carbonyl (C=O) groups is 1. The van der Waals surface area contributed by atoms with E-state index in [9.17, 15) is 4.79 Å². The van der Waals surface area contributed by atoms with Crippen molar-refractivity contribution < 1.29 is 9.53 Å². The maximum absolute atomic E-state index is 11.4. The zero-order valence-corrected chi connectivity index (χ0v) is 12.6. The molecule has 1 aliphatic rings. The third-order valence-corrected chi connectivity index (χ3v) is 3.66. The van der Waals surface area contributed by atoms with Crippen LogP contribution in [-0.4, -0.2) is 38.8 Å². The minimum Gasteiger partial charge on any atom is -0.465 e. The number of hydrogen-bond donors (Lipinski definition) is 1. The molecule has 1 aliphatic heterocycles. The topological polar surface area (TPSA) is 41.6 Å². The van der Waals surface area contributed by atoms with Crippen LogP contribution in [0.5, 0.6) is 0 Å². The SMILES string of the molecule is COC(=O)c1ccc(N2CCN[C@H](CC(C)C)C2)cc1. The second kappa shape index (κ2) is 6.75. The van der Waals surface area contributed by atoms with Crippen LogP contribution in [0.3, 0.4) is 0 Å². The number of piperazine rings is 1. The molecule has 1 heterocycles. The van der Waals surface area contributed by atoms with Gasteiger partial charge in [-0.25, -0.2) is 4.79 Å². The van der Waals surface area contributed by atoms with Crippen molar-refractivity contribution in [3.8, 4) is 0 Å². The van der Waals surface area contributed by atoms with Gasteiger partial charge in [0.2, 0.25) is 0 Å². The molecule has 1 fully saturated rings.